The van der Waals surface area contributed by atoms with E-state index in [1.807, 2.05) is 0 Å². The average molecular weight is 795 g/mol. The standard InChI is InChI=1S/C40H58O16/c41-22-33(45)8-1-4-13-54-38(50)30-17-27(16-29(20-30)37(49)26-53-12-7-11-36(48)25-44)28-18-31(39(51)55-14-5-2-9-34(46)23-42)21-32(19-28)40(52)56-15-6-3-10-35(47)24-43/h16-21,33-36,41-48H,1-15,22-26H2. The Kier molecular flexibility index (Phi) is 23.9. The minimum absolute atomic E-state index is 0.0114. The molecule has 2 rings (SSSR count). The van der Waals surface area contributed by atoms with Gasteiger partial charge in [0, 0.05) is 12.2 Å². The van der Waals surface area contributed by atoms with Crippen LogP contribution < -0.4 is 0 Å². The zero-order valence-electron chi connectivity index (χ0n) is 31.8. The Morgan fingerprint density at radius 3 is 1.11 bits per heavy atom. The highest BCUT2D eigenvalue weighted by Crippen LogP contribution is 2.27. The maximum absolute atomic E-state index is 13.3. The molecule has 314 valence electrons. The highest BCUT2D eigenvalue weighted by molar-refractivity contribution is 6.02. The van der Waals surface area contributed by atoms with Gasteiger partial charge in [-0.05, 0) is 118 Å². The molecule has 0 aliphatic heterocycles. The van der Waals surface area contributed by atoms with E-state index >= 15 is 0 Å². The van der Waals surface area contributed by atoms with Crippen molar-refractivity contribution in [3.63, 3.8) is 0 Å². The van der Waals surface area contributed by atoms with Crippen molar-refractivity contribution in [2.24, 2.45) is 0 Å². The van der Waals surface area contributed by atoms with Crippen LogP contribution in [0.3, 0.4) is 0 Å². The van der Waals surface area contributed by atoms with Crippen LogP contribution in [0.1, 0.15) is 112 Å². The van der Waals surface area contributed by atoms with E-state index in [0.717, 1.165) is 0 Å². The van der Waals surface area contributed by atoms with E-state index in [9.17, 15) is 39.6 Å². The first-order valence-electron chi connectivity index (χ1n) is 19.0. The number of rotatable bonds is 30. The van der Waals surface area contributed by atoms with Crippen molar-refractivity contribution in [2.45, 2.75) is 95.0 Å². The number of Topliss-reactive ketones (excluding diaryl/α,β-unsaturated/α-hetero) is 1. The maximum atomic E-state index is 13.3. The van der Waals surface area contributed by atoms with E-state index in [0.29, 0.717) is 64.2 Å². The van der Waals surface area contributed by atoms with E-state index < -0.39 is 54.7 Å². The topological polar surface area (TPSA) is 267 Å². The number of hydrogen-bond donors (Lipinski definition) is 8. The number of carbonyl (C=O) groups is 4. The third-order valence-corrected chi connectivity index (χ3v) is 8.63. The van der Waals surface area contributed by atoms with Crippen LogP contribution in [0.5, 0.6) is 0 Å². The van der Waals surface area contributed by atoms with E-state index in [-0.39, 0.29) is 92.7 Å². The Morgan fingerprint density at radius 2 is 0.750 bits per heavy atom. The van der Waals surface area contributed by atoms with Gasteiger partial charge in [0.1, 0.15) is 6.61 Å². The SMILES string of the molecule is O=C(COCCCC(O)CO)c1cc(C(=O)OCCCCC(O)CO)cc(-c2cc(C(=O)OCCCCC(O)CO)cc(C(=O)OCCCCC(O)CO)c2)c1. The third-order valence-electron chi connectivity index (χ3n) is 8.63. The number of unbranched alkanes of at least 4 members (excludes halogenated alkanes) is 3. The van der Waals surface area contributed by atoms with Gasteiger partial charge in [0.25, 0.3) is 0 Å². The van der Waals surface area contributed by atoms with Crippen LogP contribution in [-0.2, 0) is 18.9 Å². The molecule has 0 heterocycles. The fourth-order valence-electron chi connectivity index (χ4n) is 5.33. The number of aliphatic hydroxyl groups is 8. The van der Waals surface area contributed by atoms with Crippen molar-refractivity contribution >= 4 is 23.7 Å². The largest absolute Gasteiger partial charge is 0.462 e. The molecule has 0 bridgehead atoms. The van der Waals surface area contributed by atoms with Gasteiger partial charge in [0.2, 0.25) is 0 Å². The van der Waals surface area contributed by atoms with Gasteiger partial charge in [0.05, 0.1) is 87.4 Å². The number of ketones is 1. The van der Waals surface area contributed by atoms with Gasteiger partial charge in [-0.1, -0.05) is 0 Å². The second-order valence-electron chi connectivity index (χ2n) is 13.5. The minimum atomic E-state index is -0.911. The molecule has 0 spiro atoms. The van der Waals surface area contributed by atoms with Gasteiger partial charge in [0.15, 0.2) is 5.78 Å². The summed E-state index contributed by atoms with van der Waals surface area (Å²) in [6.07, 6.45) is 0.599. The lowest BCUT2D eigenvalue weighted by molar-refractivity contribution is 0.0469. The van der Waals surface area contributed by atoms with Crippen LogP contribution in [0.4, 0.5) is 0 Å². The summed E-state index contributed by atoms with van der Waals surface area (Å²) in [5, 5.41) is 74.3. The molecule has 0 saturated carbocycles. The van der Waals surface area contributed by atoms with Gasteiger partial charge < -0.3 is 59.8 Å². The summed E-state index contributed by atoms with van der Waals surface area (Å²) in [5.74, 6) is -2.83. The number of carbonyl (C=O) groups excluding carboxylic acids is 4. The smallest absolute Gasteiger partial charge is 0.338 e. The molecule has 16 heteroatoms. The van der Waals surface area contributed by atoms with Gasteiger partial charge in [-0.3, -0.25) is 4.79 Å². The van der Waals surface area contributed by atoms with Crippen LogP contribution >= 0.6 is 0 Å². The fourth-order valence-corrected chi connectivity index (χ4v) is 5.33. The lowest BCUT2D eigenvalue weighted by Gasteiger charge is -2.14. The number of esters is 3. The molecule has 56 heavy (non-hydrogen) atoms. The molecule has 0 fully saturated rings. The molecule has 0 radical (unpaired) electrons. The Balaban J connectivity index is 2.42. The second kappa shape index (κ2) is 27.7. The molecule has 16 nitrogen and oxygen atoms in total. The van der Waals surface area contributed by atoms with Crippen LogP contribution in [0.15, 0.2) is 36.4 Å². The van der Waals surface area contributed by atoms with Crippen molar-refractivity contribution in [1.82, 2.24) is 0 Å². The predicted octanol–water partition coefficient (Wildman–Crippen LogP) is 1.73. The predicted molar refractivity (Wildman–Crippen MR) is 201 cm³/mol. The molecular weight excluding hydrogens is 736 g/mol. The number of aliphatic hydroxyl groups excluding tert-OH is 8. The summed E-state index contributed by atoms with van der Waals surface area (Å²) in [6, 6.07) is 8.38. The molecule has 0 aromatic heterocycles. The van der Waals surface area contributed by atoms with Crippen molar-refractivity contribution in [2.75, 3.05) is 59.5 Å². The van der Waals surface area contributed by atoms with Gasteiger partial charge in [-0.15, -0.1) is 0 Å². The third kappa shape index (κ3) is 18.9. The molecule has 0 aliphatic carbocycles. The van der Waals surface area contributed by atoms with E-state index in [4.69, 9.17) is 39.4 Å². The lowest BCUT2D eigenvalue weighted by Crippen LogP contribution is -2.15. The van der Waals surface area contributed by atoms with Crippen LogP contribution in [0.25, 0.3) is 11.1 Å². The van der Waals surface area contributed by atoms with Gasteiger partial charge in [-0.2, -0.15) is 0 Å². The van der Waals surface area contributed by atoms with Crippen molar-refractivity contribution < 1.29 is 79.0 Å². The normalized spacial score (nSPS) is 13.4. The minimum Gasteiger partial charge on any atom is -0.462 e. The number of hydrogen-bond acceptors (Lipinski definition) is 16. The summed E-state index contributed by atoms with van der Waals surface area (Å²) in [4.78, 5) is 53.1. The van der Waals surface area contributed by atoms with Crippen molar-refractivity contribution in [1.29, 1.82) is 0 Å². The Morgan fingerprint density at radius 1 is 0.429 bits per heavy atom. The maximum Gasteiger partial charge on any atom is 0.338 e. The molecule has 0 amide bonds. The number of ether oxygens (including phenoxy) is 4. The van der Waals surface area contributed by atoms with Gasteiger partial charge >= 0.3 is 17.9 Å². The second-order valence-corrected chi connectivity index (χ2v) is 13.5. The fraction of sp³-hybridized carbons (Fsp3) is 0.600. The summed E-state index contributed by atoms with van der Waals surface area (Å²) in [7, 11) is 0. The van der Waals surface area contributed by atoms with E-state index in [1.165, 1.54) is 36.4 Å². The molecule has 2 aromatic carbocycles. The zero-order valence-corrected chi connectivity index (χ0v) is 31.8. The van der Waals surface area contributed by atoms with Crippen molar-refractivity contribution in [3.05, 3.63) is 58.7 Å². The Bertz CT molecular complexity index is 1270. The molecule has 0 aliphatic rings. The van der Waals surface area contributed by atoms with Crippen LogP contribution in [0, 0.1) is 0 Å². The summed E-state index contributed by atoms with van der Waals surface area (Å²) in [6.45, 7) is -1.87. The Labute approximate surface area is 326 Å². The molecule has 0 saturated heterocycles. The summed E-state index contributed by atoms with van der Waals surface area (Å²) < 4.78 is 21.8. The molecule has 2 aromatic rings. The molecule has 8 N–H and O–H groups in total. The van der Waals surface area contributed by atoms with Crippen LogP contribution in [0.2, 0.25) is 0 Å². The lowest BCUT2D eigenvalue weighted by atomic mass is 9.95. The summed E-state index contributed by atoms with van der Waals surface area (Å²) >= 11 is 0. The first-order valence-corrected chi connectivity index (χ1v) is 19.0. The monoisotopic (exact) mass is 794 g/mol. The van der Waals surface area contributed by atoms with Gasteiger partial charge in [-0.25, -0.2) is 14.4 Å². The van der Waals surface area contributed by atoms with Crippen molar-refractivity contribution in [3.8, 4) is 11.1 Å². The molecule has 4 atom stereocenters. The average Bonchev–Trinajstić information content (AvgIpc) is 3.21. The highest BCUT2D eigenvalue weighted by atomic mass is 16.5. The zero-order chi connectivity index (χ0) is 41.3. The first-order chi connectivity index (χ1) is 26.9. The Hall–Kier alpha value is -3.84. The molecular formula is C40H58O16. The first kappa shape index (κ1) is 48.3. The number of benzene rings is 2. The molecule has 4 unspecified atom stereocenters. The van der Waals surface area contributed by atoms with E-state index in [2.05, 4.69) is 0 Å². The highest BCUT2D eigenvalue weighted by Gasteiger charge is 2.20. The quantitative estimate of drug-likeness (QED) is 0.0242. The summed E-state index contributed by atoms with van der Waals surface area (Å²) in [5.41, 5.74) is 0.497. The van der Waals surface area contributed by atoms with Crippen LogP contribution in [-0.4, -0.2) is 148 Å². The van der Waals surface area contributed by atoms with E-state index in [1.54, 1.807) is 0 Å².